The summed E-state index contributed by atoms with van der Waals surface area (Å²) in [6.07, 6.45) is 2.12. The van der Waals surface area contributed by atoms with E-state index in [1.54, 1.807) is 0 Å². The Hall–Kier alpha value is -0.660. The van der Waals surface area contributed by atoms with Crippen molar-refractivity contribution in [2.24, 2.45) is 5.41 Å². The molecule has 1 amide bonds. The summed E-state index contributed by atoms with van der Waals surface area (Å²) in [6, 6.07) is 0.349. The van der Waals surface area contributed by atoms with Gasteiger partial charge in [0.05, 0.1) is 12.8 Å². The van der Waals surface area contributed by atoms with Crippen molar-refractivity contribution in [1.29, 1.82) is 0 Å². The second-order valence-corrected chi connectivity index (χ2v) is 8.59. The minimum Gasteiger partial charge on any atom is -0.340 e. The monoisotopic (exact) mass is 303 g/mol. The summed E-state index contributed by atoms with van der Waals surface area (Å²) in [4.78, 5) is 16.0. The van der Waals surface area contributed by atoms with E-state index in [4.69, 9.17) is 0 Å². The molecule has 0 aromatic rings. The SMILES string of the molecule is CC(C)N(C)CC(=O)N1CC2(CCN(S(C)(=O)=O)C2)C1. The molecule has 20 heavy (non-hydrogen) atoms. The van der Waals surface area contributed by atoms with Gasteiger partial charge in [-0.2, -0.15) is 0 Å². The molecule has 1 spiro atoms. The first-order chi connectivity index (χ1) is 9.13. The number of carbonyl (C=O) groups excluding carboxylic acids is 1. The van der Waals surface area contributed by atoms with Crippen LogP contribution in [0.5, 0.6) is 0 Å². The molecule has 0 aliphatic carbocycles. The number of likely N-dealkylation sites (tertiary alicyclic amines) is 1. The molecular formula is C13H25N3O3S. The van der Waals surface area contributed by atoms with Gasteiger partial charge in [-0.25, -0.2) is 12.7 Å². The molecule has 2 aliphatic rings. The van der Waals surface area contributed by atoms with Crippen molar-refractivity contribution in [2.45, 2.75) is 26.3 Å². The molecule has 0 N–H and O–H groups in total. The quantitative estimate of drug-likeness (QED) is 0.723. The summed E-state index contributed by atoms with van der Waals surface area (Å²) >= 11 is 0. The van der Waals surface area contributed by atoms with Gasteiger partial charge >= 0.3 is 0 Å². The molecule has 7 heteroatoms. The maximum atomic E-state index is 12.1. The number of sulfonamides is 1. The average Bonchev–Trinajstić information content (AvgIpc) is 2.70. The predicted octanol–water partition coefficient (Wildman–Crippen LogP) is -0.179. The summed E-state index contributed by atoms with van der Waals surface area (Å²) in [6.45, 7) is 7.11. The minimum atomic E-state index is -3.10. The third-order valence-electron chi connectivity index (χ3n) is 4.54. The first kappa shape index (κ1) is 15.7. The highest BCUT2D eigenvalue weighted by Crippen LogP contribution is 2.40. The van der Waals surface area contributed by atoms with Crippen molar-refractivity contribution in [3.63, 3.8) is 0 Å². The zero-order valence-electron chi connectivity index (χ0n) is 12.8. The van der Waals surface area contributed by atoms with Crippen molar-refractivity contribution in [3.05, 3.63) is 0 Å². The van der Waals surface area contributed by atoms with Gasteiger partial charge in [-0.15, -0.1) is 0 Å². The van der Waals surface area contributed by atoms with Gasteiger partial charge in [0.25, 0.3) is 0 Å². The highest BCUT2D eigenvalue weighted by Gasteiger charge is 2.50. The summed E-state index contributed by atoms with van der Waals surface area (Å²) in [5, 5.41) is 0. The molecule has 0 unspecified atom stereocenters. The lowest BCUT2D eigenvalue weighted by Gasteiger charge is -2.48. The smallest absolute Gasteiger partial charge is 0.236 e. The third-order valence-corrected chi connectivity index (χ3v) is 5.79. The van der Waals surface area contributed by atoms with E-state index in [9.17, 15) is 13.2 Å². The van der Waals surface area contributed by atoms with Crippen LogP contribution >= 0.6 is 0 Å². The standard InChI is InChI=1S/C13H25N3O3S/c1-11(2)14(3)7-12(17)15-8-13(9-15)5-6-16(10-13)20(4,18)19/h11H,5-10H2,1-4H3. The first-order valence-electron chi connectivity index (χ1n) is 7.06. The molecule has 0 saturated carbocycles. The van der Waals surface area contributed by atoms with Gasteiger partial charge in [0, 0.05) is 37.6 Å². The number of amides is 1. The lowest BCUT2D eigenvalue weighted by atomic mass is 9.79. The number of nitrogens with zero attached hydrogens (tertiary/aromatic N) is 3. The Balaban J connectivity index is 1.84. The van der Waals surface area contributed by atoms with Gasteiger partial charge in [0.1, 0.15) is 0 Å². The lowest BCUT2D eigenvalue weighted by molar-refractivity contribution is -0.143. The van der Waals surface area contributed by atoms with Crippen LogP contribution in [-0.4, -0.2) is 80.5 Å². The summed E-state index contributed by atoms with van der Waals surface area (Å²) in [5.41, 5.74) is 0.00907. The summed E-state index contributed by atoms with van der Waals surface area (Å²) in [5.74, 6) is 0.143. The van der Waals surface area contributed by atoms with Crippen molar-refractivity contribution in [3.8, 4) is 0 Å². The molecule has 0 bridgehead atoms. The van der Waals surface area contributed by atoms with Gasteiger partial charge in [0.15, 0.2) is 0 Å². The Morgan fingerprint density at radius 3 is 2.35 bits per heavy atom. The lowest BCUT2D eigenvalue weighted by Crippen LogP contribution is -2.61. The largest absolute Gasteiger partial charge is 0.340 e. The van der Waals surface area contributed by atoms with E-state index in [-0.39, 0.29) is 11.3 Å². The molecule has 2 heterocycles. The number of likely N-dealkylation sites (N-methyl/N-ethyl adjacent to an activating group) is 1. The molecule has 0 atom stereocenters. The fraction of sp³-hybridized carbons (Fsp3) is 0.923. The number of hydrogen-bond donors (Lipinski definition) is 0. The second kappa shape index (κ2) is 5.27. The zero-order valence-corrected chi connectivity index (χ0v) is 13.6. The Kier molecular flexibility index (Phi) is 4.15. The highest BCUT2D eigenvalue weighted by molar-refractivity contribution is 7.88. The molecule has 116 valence electrons. The van der Waals surface area contributed by atoms with E-state index in [0.29, 0.717) is 38.8 Å². The maximum absolute atomic E-state index is 12.1. The molecule has 0 radical (unpaired) electrons. The van der Waals surface area contributed by atoms with Crippen LogP contribution in [0.2, 0.25) is 0 Å². The van der Waals surface area contributed by atoms with Crippen molar-refractivity contribution in [1.82, 2.24) is 14.1 Å². The van der Waals surface area contributed by atoms with Crippen molar-refractivity contribution in [2.75, 3.05) is 46.0 Å². The second-order valence-electron chi connectivity index (χ2n) is 6.61. The summed E-state index contributed by atoms with van der Waals surface area (Å²) < 4.78 is 24.6. The van der Waals surface area contributed by atoms with Gasteiger partial charge < -0.3 is 4.90 Å². The third kappa shape index (κ3) is 3.15. The van der Waals surface area contributed by atoms with E-state index in [1.807, 2.05) is 16.8 Å². The van der Waals surface area contributed by atoms with Crippen LogP contribution < -0.4 is 0 Å². The van der Waals surface area contributed by atoms with Gasteiger partial charge in [0.2, 0.25) is 15.9 Å². The van der Waals surface area contributed by atoms with Crippen LogP contribution in [0.1, 0.15) is 20.3 Å². The molecule has 2 aliphatic heterocycles. The average molecular weight is 303 g/mol. The van der Waals surface area contributed by atoms with Crippen molar-refractivity contribution < 1.29 is 13.2 Å². The van der Waals surface area contributed by atoms with Crippen LogP contribution in [0.4, 0.5) is 0 Å². The Labute approximate surface area is 121 Å². The molecular weight excluding hydrogens is 278 g/mol. The molecule has 2 saturated heterocycles. The fourth-order valence-corrected chi connectivity index (χ4v) is 3.80. The number of rotatable bonds is 4. The first-order valence-corrected chi connectivity index (χ1v) is 8.91. The molecule has 2 fully saturated rings. The van der Waals surface area contributed by atoms with E-state index < -0.39 is 10.0 Å². The Morgan fingerprint density at radius 1 is 1.30 bits per heavy atom. The van der Waals surface area contributed by atoms with Crippen LogP contribution in [0.25, 0.3) is 0 Å². The molecule has 2 rings (SSSR count). The highest BCUT2D eigenvalue weighted by atomic mass is 32.2. The van der Waals surface area contributed by atoms with Crippen LogP contribution in [0.3, 0.4) is 0 Å². The number of carbonyl (C=O) groups is 1. The summed E-state index contributed by atoms with van der Waals surface area (Å²) in [7, 11) is -1.15. The van der Waals surface area contributed by atoms with E-state index in [1.165, 1.54) is 10.6 Å². The number of hydrogen-bond acceptors (Lipinski definition) is 4. The molecule has 0 aromatic heterocycles. The van der Waals surface area contributed by atoms with E-state index >= 15 is 0 Å². The van der Waals surface area contributed by atoms with Crippen molar-refractivity contribution >= 4 is 15.9 Å². The van der Waals surface area contributed by atoms with E-state index in [0.717, 1.165) is 6.42 Å². The zero-order chi connectivity index (χ0) is 15.1. The van der Waals surface area contributed by atoms with Gasteiger partial charge in [-0.1, -0.05) is 0 Å². The fourth-order valence-electron chi connectivity index (χ4n) is 2.87. The Morgan fingerprint density at radius 2 is 1.90 bits per heavy atom. The topological polar surface area (TPSA) is 60.9 Å². The molecule has 6 nitrogen and oxygen atoms in total. The van der Waals surface area contributed by atoms with Crippen LogP contribution in [0.15, 0.2) is 0 Å². The predicted molar refractivity (Wildman–Crippen MR) is 77.8 cm³/mol. The van der Waals surface area contributed by atoms with Gasteiger partial charge in [-0.05, 0) is 27.3 Å². The maximum Gasteiger partial charge on any atom is 0.236 e. The normalized spacial score (nSPS) is 22.8. The molecule has 0 aromatic carbocycles. The van der Waals surface area contributed by atoms with E-state index in [2.05, 4.69) is 13.8 Å². The van der Waals surface area contributed by atoms with Crippen LogP contribution in [0, 0.1) is 5.41 Å². The van der Waals surface area contributed by atoms with Gasteiger partial charge in [-0.3, -0.25) is 9.69 Å². The minimum absolute atomic E-state index is 0.00907. The Bertz CT molecular complexity index is 483. The van der Waals surface area contributed by atoms with Crippen LogP contribution in [-0.2, 0) is 14.8 Å².